The summed E-state index contributed by atoms with van der Waals surface area (Å²) in [6.45, 7) is 2.35. The van der Waals surface area contributed by atoms with Crippen LogP contribution in [0.1, 0.15) is 24.5 Å². The second kappa shape index (κ2) is 10.3. The van der Waals surface area contributed by atoms with Crippen LogP contribution in [-0.4, -0.2) is 28.8 Å². The van der Waals surface area contributed by atoms with Crippen LogP contribution < -0.4 is 15.5 Å². The maximum absolute atomic E-state index is 12.1. The molecule has 0 aromatic heterocycles. The van der Waals surface area contributed by atoms with Gasteiger partial charge in [-0.1, -0.05) is 49.5 Å². The molecule has 0 aliphatic rings. The first kappa shape index (κ1) is 19.6. The van der Waals surface area contributed by atoms with E-state index in [1.165, 1.54) is 6.08 Å². The number of rotatable bonds is 8. The van der Waals surface area contributed by atoms with Crippen LogP contribution in [0.5, 0.6) is 5.75 Å². The predicted molar refractivity (Wildman–Crippen MR) is 106 cm³/mol. The summed E-state index contributed by atoms with van der Waals surface area (Å²) in [6, 6.07) is 16.6. The standard InChI is InChI=1S/C20H22N2O3S/c1-2-17(21-19(23)13-8-15-6-4-3-5-7-15)14-25-18-11-9-16(10-12-18)20(26)22-24/h3-13,17,24H,2,14H2,1H3,(H,21,23)(H,22,26)/b13-8+/t17-/m0/s1. The summed E-state index contributed by atoms with van der Waals surface area (Å²) in [5.41, 5.74) is 3.61. The van der Waals surface area contributed by atoms with E-state index in [-0.39, 0.29) is 16.9 Å². The fourth-order valence-corrected chi connectivity index (χ4v) is 2.35. The van der Waals surface area contributed by atoms with Crippen molar-refractivity contribution < 1.29 is 14.7 Å². The molecular formula is C20H22N2O3S. The molecule has 2 rings (SSSR count). The van der Waals surface area contributed by atoms with Gasteiger partial charge in [0.1, 0.15) is 17.3 Å². The average molecular weight is 370 g/mol. The topological polar surface area (TPSA) is 70.6 Å². The quantitative estimate of drug-likeness (QED) is 0.378. The summed E-state index contributed by atoms with van der Waals surface area (Å²) >= 11 is 4.94. The van der Waals surface area contributed by atoms with Crippen molar-refractivity contribution in [1.82, 2.24) is 10.8 Å². The summed E-state index contributed by atoms with van der Waals surface area (Å²) in [4.78, 5) is 12.3. The summed E-state index contributed by atoms with van der Waals surface area (Å²) < 4.78 is 5.73. The molecule has 26 heavy (non-hydrogen) atoms. The lowest BCUT2D eigenvalue weighted by atomic mass is 10.2. The predicted octanol–water partition coefficient (Wildman–Crippen LogP) is 3.33. The molecule has 6 heteroatoms. The largest absolute Gasteiger partial charge is 0.491 e. The van der Waals surface area contributed by atoms with E-state index < -0.39 is 0 Å². The van der Waals surface area contributed by atoms with Crippen molar-refractivity contribution in [3.8, 4) is 5.75 Å². The van der Waals surface area contributed by atoms with Gasteiger partial charge < -0.3 is 10.1 Å². The number of hydrogen-bond acceptors (Lipinski definition) is 4. The molecule has 2 aromatic carbocycles. The van der Waals surface area contributed by atoms with Crippen molar-refractivity contribution >= 4 is 29.2 Å². The molecule has 0 aliphatic heterocycles. The number of nitrogens with one attached hydrogen (secondary N) is 2. The second-order valence-electron chi connectivity index (χ2n) is 5.63. The highest BCUT2D eigenvalue weighted by Crippen LogP contribution is 2.13. The zero-order valence-electron chi connectivity index (χ0n) is 14.5. The molecule has 0 aliphatic carbocycles. The fraction of sp³-hybridized carbons (Fsp3) is 0.200. The molecular weight excluding hydrogens is 348 g/mol. The van der Waals surface area contributed by atoms with Crippen molar-refractivity contribution in [3.05, 3.63) is 71.8 Å². The van der Waals surface area contributed by atoms with Gasteiger partial charge in [-0.3, -0.25) is 15.5 Å². The summed E-state index contributed by atoms with van der Waals surface area (Å²) in [5, 5.41) is 11.7. The maximum Gasteiger partial charge on any atom is 0.244 e. The Morgan fingerprint density at radius 3 is 2.50 bits per heavy atom. The smallest absolute Gasteiger partial charge is 0.244 e. The minimum Gasteiger partial charge on any atom is -0.491 e. The second-order valence-corrected chi connectivity index (χ2v) is 6.04. The zero-order valence-corrected chi connectivity index (χ0v) is 15.3. The van der Waals surface area contributed by atoms with Crippen LogP contribution in [0.3, 0.4) is 0 Å². The zero-order chi connectivity index (χ0) is 18.8. The van der Waals surface area contributed by atoms with E-state index >= 15 is 0 Å². The molecule has 0 saturated heterocycles. The number of amides is 1. The number of hydroxylamine groups is 1. The Morgan fingerprint density at radius 1 is 1.19 bits per heavy atom. The molecule has 0 unspecified atom stereocenters. The van der Waals surface area contributed by atoms with Gasteiger partial charge in [0.05, 0.1) is 6.04 Å². The molecule has 1 atom stereocenters. The lowest BCUT2D eigenvalue weighted by Crippen LogP contribution is -2.37. The highest BCUT2D eigenvalue weighted by atomic mass is 32.1. The molecule has 0 fully saturated rings. The van der Waals surface area contributed by atoms with Gasteiger partial charge in [-0.15, -0.1) is 0 Å². The van der Waals surface area contributed by atoms with Crippen molar-refractivity contribution in [2.45, 2.75) is 19.4 Å². The van der Waals surface area contributed by atoms with Gasteiger partial charge in [-0.2, -0.15) is 0 Å². The van der Waals surface area contributed by atoms with Crippen molar-refractivity contribution in [2.24, 2.45) is 0 Å². The number of carbonyl (C=O) groups is 1. The number of thiocarbonyl (C=S) groups is 1. The SMILES string of the molecule is CC[C@@H](COc1ccc(C(=S)NO)cc1)NC(=O)/C=C/c1ccccc1. The van der Waals surface area contributed by atoms with Crippen LogP contribution in [0.25, 0.3) is 6.08 Å². The molecule has 0 bridgehead atoms. The normalized spacial score (nSPS) is 11.8. The summed E-state index contributed by atoms with van der Waals surface area (Å²) in [5.74, 6) is 0.515. The Kier molecular flexibility index (Phi) is 7.79. The Balaban J connectivity index is 1.84. The van der Waals surface area contributed by atoms with E-state index in [1.54, 1.807) is 30.3 Å². The van der Waals surface area contributed by atoms with Gasteiger partial charge in [-0.05, 0) is 42.3 Å². The summed E-state index contributed by atoms with van der Waals surface area (Å²) in [6.07, 6.45) is 4.05. The Bertz CT molecular complexity index is 745. The van der Waals surface area contributed by atoms with Crippen molar-refractivity contribution in [3.63, 3.8) is 0 Å². The van der Waals surface area contributed by atoms with Crippen LogP contribution in [0.4, 0.5) is 0 Å². The van der Waals surface area contributed by atoms with E-state index in [9.17, 15) is 4.79 Å². The van der Waals surface area contributed by atoms with Gasteiger partial charge in [0, 0.05) is 11.6 Å². The molecule has 5 nitrogen and oxygen atoms in total. The van der Waals surface area contributed by atoms with Gasteiger partial charge in [-0.25, -0.2) is 0 Å². The Labute approximate surface area is 158 Å². The number of benzene rings is 2. The van der Waals surface area contributed by atoms with E-state index in [0.717, 1.165) is 12.0 Å². The van der Waals surface area contributed by atoms with Crippen LogP contribution in [-0.2, 0) is 4.79 Å². The fourth-order valence-electron chi connectivity index (χ4n) is 2.21. The average Bonchev–Trinajstić information content (AvgIpc) is 2.70. The number of carbonyl (C=O) groups excluding carboxylic acids is 1. The molecule has 3 N–H and O–H groups in total. The lowest BCUT2D eigenvalue weighted by molar-refractivity contribution is -0.117. The van der Waals surface area contributed by atoms with Crippen LogP contribution in [0.15, 0.2) is 60.7 Å². The molecule has 2 aromatic rings. The highest BCUT2D eigenvalue weighted by Gasteiger charge is 2.10. The minimum atomic E-state index is -0.154. The van der Waals surface area contributed by atoms with Crippen molar-refractivity contribution in [2.75, 3.05) is 6.61 Å². The Hall–Kier alpha value is -2.70. The lowest BCUT2D eigenvalue weighted by Gasteiger charge is -2.17. The van der Waals surface area contributed by atoms with E-state index in [1.807, 2.05) is 42.7 Å². The van der Waals surface area contributed by atoms with E-state index in [2.05, 4.69) is 5.32 Å². The molecule has 0 heterocycles. The number of hydrogen-bond donors (Lipinski definition) is 3. The highest BCUT2D eigenvalue weighted by molar-refractivity contribution is 7.80. The third kappa shape index (κ3) is 6.31. The van der Waals surface area contributed by atoms with Gasteiger partial charge in [0.15, 0.2) is 0 Å². The molecule has 136 valence electrons. The van der Waals surface area contributed by atoms with Gasteiger partial charge in [0.25, 0.3) is 0 Å². The van der Waals surface area contributed by atoms with E-state index in [4.69, 9.17) is 22.2 Å². The maximum atomic E-state index is 12.1. The Morgan fingerprint density at radius 2 is 1.88 bits per heavy atom. The first-order chi connectivity index (χ1) is 12.6. The third-order valence-electron chi connectivity index (χ3n) is 3.74. The molecule has 1 amide bonds. The first-order valence-corrected chi connectivity index (χ1v) is 8.74. The van der Waals surface area contributed by atoms with Crippen molar-refractivity contribution in [1.29, 1.82) is 0 Å². The monoisotopic (exact) mass is 370 g/mol. The summed E-state index contributed by atoms with van der Waals surface area (Å²) in [7, 11) is 0. The third-order valence-corrected chi connectivity index (χ3v) is 4.06. The molecule has 0 saturated carbocycles. The molecule has 0 spiro atoms. The number of ether oxygens (including phenoxy) is 1. The van der Waals surface area contributed by atoms with Gasteiger partial charge >= 0.3 is 0 Å². The first-order valence-electron chi connectivity index (χ1n) is 8.33. The van der Waals surface area contributed by atoms with Gasteiger partial charge in [0.2, 0.25) is 5.91 Å². The van der Waals surface area contributed by atoms with Crippen LogP contribution in [0.2, 0.25) is 0 Å². The van der Waals surface area contributed by atoms with Crippen LogP contribution >= 0.6 is 12.2 Å². The van der Waals surface area contributed by atoms with E-state index in [0.29, 0.717) is 17.9 Å². The molecule has 0 radical (unpaired) electrons. The minimum absolute atomic E-state index is 0.0946. The van der Waals surface area contributed by atoms with Crippen LogP contribution in [0, 0.1) is 0 Å².